The van der Waals surface area contributed by atoms with Crippen LogP contribution in [0.5, 0.6) is 11.6 Å². The Balaban J connectivity index is 2.14. The standard InChI is InChI=1S/C14H18N4O3/c1-4-20-14-12-11(5-6-15-14)13-17-16-9(2)18(13)10(7-19-3)8-21-12/h5-6,10H,4,7-8H2,1-3H3/t10-/m0/s1. The molecule has 0 aliphatic carbocycles. The summed E-state index contributed by atoms with van der Waals surface area (Å²) >= 11 is 0. The van der Waals surface area contributed by atoms with Crippen molar-refractivity contribution in [1.29, 1.82) is 0 Å². The van der Waals surface area contributed by atoms with Gasteiger partial charge in [0, 0.05) is 13.3 Å². The zero-order chi connectivity index (χ0) is 14.8. The van der Waals surface area contributed by atoms with Crippen molar-refractivity contribution >= 4 is 0 Å². The number of methoxy groups -OCH3 is 1. The molecule has 3 rings (SSSR count). The molecule has 1 atom stereocenters. The van der Waals surface area contributed by atoms with Crippen LogP contribution in [0.2, 0.25) is 0 Å². The van der Waals surface area contributed by atoms with E-state index < -0.39 is 0 Å². The van der Waals surface area contributed by atoms with Crippen molar-refractivity contribution in [2.45, 2.75) is 19.9 Å². The van der Waals surface area contributed by atoms with Gasteiger partial charge in [-0.05, 0) is 19.9 Å². The van der Waals surface area contributed by atoms with Gasteiger partial charge >= 0.3 is 0 Å². The Bertz CT molecular complexity index is 641. The largest absolute Gasteiger partial charge is 0.485 e. The summed E-state index contributed by atoms with van der Waals surface area (Å²) in [6.07, 6.45) is 1.69. The van der Waals surface area contributed by atoms with Crippen LogP contribution in [0.25, 0.3) is 11.4 Å². The normalized spacial score (nSPS) is 16.6. The fraction of sp³-hybridized carbons (Fsp3) is 0.500. The maximum absolute atomic E-state index is 5.94. The molecule has 3 heterocycles. The molecular formula is C14H18N4O3. The lowest BCUT2D eigenvalue weighted by Crippen LogP contribution is -2.22. The zero-order valence-corrected chi connectivity index (χ0v) is 12.4. The van der Waals surface area contributed by atoms with Crippen molar-refractivity contribution in [2.24, 2.45) is 0 Å². The Morgan fingerprint density at radius 1 is 1.43 bits per heavy atom. The minimum atomic E-state index is 0.0156. The third kappa shape index (κ3) is 2.33. The van der Waals surface area contributed by atoms with E-state index in [0.717, 1.165) is 17.2 Å². The van der Waals surface area contributed by atoms with Gasteiger partial charge in [0.05, 0.1) is 24.8 Å². The summed E-state index contributed by atoms with van der Waals surface area (Å²) in [4.78, 5) is 4.24. The lowest BCUT2D eigenvalue weighted by atomic mass is 10.2. The first kappa shape index (κ1) is 13.8. The summed E-state index contributed by atoms with van der Waals surface area (Å²) in [5.41, 5.74) is 0.840. The third-order valence-corrected chi connectivity index (χ3v) is 3.40. The van der Waals surface area contributed by atoms with Crippen LogP contribution >= 0.6 is 0 Å². The first-order valence-corrected chi connectivity index (χ1v) is 6.91. The number of nitrogens with zero attached hydrogens (tertiary/aromatic N) is 4. The van der Waals surface area contributed by atoms with Crippen LogP contribution in [0.15, 0.2) is 12.3 Å². The van der Waals surface area contributed by atoms with E-state index in [0.29, 0.717) is 31.5 Å². The second-order valence-corrected chi connectivity index (χ2v) is 4.79. The molecule has 21 heavy (non-hydrogen) atoms. The van der Waals surface area contributed by atoms with Gasteiger partial charge in [0.2, 0.25) is 0 Å². The van der Waals surface area contributed by atoms with Crippen molar-refractivity contribution in [2.75, 3.05) is 26.9 Å². The van der Waals surface area contributed by atoms with Gasteiger partial charge < -0.3 is 18.8 Å². The Hall–Kier alpha value is -2.15. The molecule has 7 nitrogen and oxygen atoms in total. The predicted octanol–water partition coefficient (Wildman–Crippen LogP) is 1.63. The molecule has 0 spiro atoms. The quantitative estimate of drug-likeness (QED) is 0.852. The van der Waals surface area contributed by atoms with E-state index in [1.54, 1.807) is 13.3 Å². The molecule has 7 heteroatoms. The van der Waals surface area contributed by atoms with Crippen LogP contribution in [-0.2, 0) is 4.74 Å². The fourth-order valence-electron chi connectivity index (χ4n) is 2.54. The molecule has 0 fully saturated rings. The van der Waals surface area contributed by atoms with E-state index in [1.807, 2.05) is 24.5 Å². The van der Waals surface area contributed by atoms with Gasteiger partial charge in [-0.3, -0.25) is 0 Å². The second-order valence-electron chi connectivity index (χ2n) is 4.79. The minimum Gasteiger partial charge on any atom is -0.485 e. The minimum absolute atomic E-state index is 0.0156. The van der Waals surface area contributed by atoms with Crippen LogP contribution in [-0.4, -0.2) is 46.7 Å². The van der Waals surface area contributed by atoms with Gasteiger partial charge in [-0.25, -0.2) is 4.98 Å². The topological polar surface area (TPSA) is 71.3 Å². The van der Waals surface area contributed by atoms with E-state index >= 15 is 0 Å². The van der Waals surface area contributed by atoms with Crippen molar-refractivity contribution < 1.29 is 14.2 Å². The van der Waals surface area contributed by atoms with Crippen LogP contribution in [0.1, 0.15) is 18.8 Å². The molecule has 0 aromatic carbocycles. The summed E-state index contributed by atoms with van der Waals surface area (Å²) in [6.45, 7) is 5.35. The van der Waals surface area contributed by atoms with E-state index in [1.165, 1.54) is 0 Å². The number of rotatable bonds is 4. The molecule has 0 saturated heterocycles. The Labute approximate surface area is 122 Å². The summed E-state index contributed by atoms with van der Waals surface area (Å²) in [6, 6.07) is 1.88. The lowest BCUT2D eigenvalue weighted by molar-refractivity contribution is 0.122. The van der Waals surface area contributed by atoms with Crippen molar-refractivity contribution in [3.8, 4) is 23.0 Å². The lowest BCUT2D eigenvalue weighted by Gasteiger charge is -2.17. The van der Waals surface area contributed by atoms with E-state index in [4.69, 9.17) is 14.2 Å². The fourth-order valence-corrected chi connectivity index (χ4v) is 2.54. The molecule has 112 valence electrons. The Morgan fingerprint density at radius 3 is 3.05 bits per heavy atom. The number of hydrogen-bond acceptors (Lipinski definition) is 6. The molecule has 2 aromatic heterocycles. The van der Waals surface area contributed by atoms with E-state index in [-0.39, 0.29) is 6.04 Å². The van der Waals surface area contributed by atoms with Gasteiger partial charge in [0.15, 0.2) is 11.6 Å². The van der Waals surface area contributed by atoms with Crippen LogP contribution in [0.4, 0.5) is 0 Å². The monoisotopic (exact) mass is 290 g/mol. The van der Waals surface area contributed by atoms with Crippen LogP contribution < -0.4 is 9.47 Å². The van der Waals surface area contributed by atoms with Crippen LogP contribution in [0.3, 0.4) is 0 Å². The molecule has 0 amide bonds. The Kier molecular flexibility index (Phi) is 3.74. The summed E-state index contributed by atoms with van der Waals surface area (Å²) < 4.78 is 18.8. The average molecular weight is 290 g/mol. The zero-order valence-electron chi connectivity index (χ0n) is 12.4. The molecule has 0 unspecified atom stereocenters. The number of pyridine rings is 1. The van der Waals surface area contributed by atoms with Crippen molar-refractivity contribution in [3.63, 3.8) is 0 Å². The van der Waals surface area contributed by atoms with Gasteiger partial charge in [-0.15, -0.1) is 10.2 Å². The highest BCUT2D eigenvalue weighted by Crippen LogP contribution is 2.39. The number of aromatic nitrogens is 4. The maximum Gasteiger partial charge on any atom is 0.257 e. The first-order chi connectivity index (χ1) is 10.3. The highest BCUT2D eigenvalue weighted by Gasteiger charge is 2.28. The maximum atomic E-state index is 5.94. The molecule has 0 bridgehead atoms. The van der Waals surface area contributed by atoms with Gasteiger partial charge in [0.1, 0.15) is 12.4 Å². The van der Waals surface area contributed by atoms with Gasteiger partial charge in [0.25, 0.3) is 5.88 Å². The van der Waals surface area contributed by atoms with Crippen molar-refractivity contribution in [1.82, 2.24) is 19.7 Å². The molecule has 1 aliphatic heterocycles. The summed E-state index contributed by atoms with van der Waals surface area (Å²) in [5.74, 6) is 2.69. The average Bonchev–Trinajstić information content (AvgIpc) is 2.78. The number of ether oxygens (including phenoxy) is 3. The second kappa shape index (κ2) is 5.69. The summed E-state index contributed by atoms with van der Waals surface area (Å²) in [5, 5.41) is 8.47. The molecular weight excluding hydrogens is 272 g/mol. The highest BCUT2D eigenvalue weighted by atomic mass is 16.5. The first-order valence-electron chi connectivity index (χ1n) is 6.91. The Morgan fingerprint density at radius 2 is 2.29 bits per heavy atom. The predicted molar refractivity (Wildman–Crippen MR) is 75.6 cm³/mol. The number of hydrogen-bond donors (Lipinski definition) is 0. The number of aryl methyl sites for hydroxylation is 1. The summed E-state index contributed by atoms with van der Waals surface area (Å²) in [7, 11) is 1.67. The SMILES string of the molecule is CCOc1nccc2c1OC[C@H](COC)n1c(C)nnc1-2. The van der Waals surface area contributed by atoms with Gasteiger partial charge in [-0.2, -0.15) is 0 Å². The third-order valence-electron chi connectivity index (χ3n) is 3.40. The van der Waals surface area contributed by atoms with Crippen LogP contribution in [0, 0.1) is 6.92 Å². The molecule has 2 aromatic rings. The smallest absolute Gasteiger partial charge is 0.257 e. The molecule has 0 saturated carbocycles. The van der Waals surface area contributed by atoms with Crippen molar-refractivity contribution in [3.05, 3.63) is 18.1 Å². The molecule has 0 N–H and O–H groups in total. The highest BCUT2D eigenvalue weighted by molar-refractivity contribution is 5.68. The van der Waals surface area contributed by atoms with Gasteiger partial charge in [-0.1, -0.05) is 0 Å². The number of fused-ring (bicyclic) bond motifs is 3. The molecule has 1 aliphatic rings. The van der Waals surface area contributed by atoms with E-state index in [2.05, 4.69) is 15.2 Å². The van der Waals surface area contributed by atoms with E-state index in [9.17, 15) is 0 Å². The molecule has 0 radical (unpaired) electrons.